The fraction of sp³-hybridized carbons (Fsp3) is 0.250. The first kappa shape index (κ1) is 17.2. The average molecular weight is 359 g/mol. The average Bonchev–Trinajstić information content (AvgIpc) is 2.52. The van der Waals surface area contributed by atoms with Crippen LogP contribution in [0.25, 0.3) is 0 Å². The van der Waals surface area contributed by atoms with E-state index in [9.17, 15) is 26.3 Å². The van der Waals surface area contributed by atoms with Gasteiger partial charge in [-0.3, -0.25) is 4.90 Å². The first-order chi connectivity index (χ1) is 11.6. The van der Waals surface area contributed by atoms with Crippen molar-refractivity contribution in [1.29, 1.82) is 0 Å². The van der Waals surface area contributed by atoms with Crippen molar-refractivity contribution < 1.29 is 26.3 Å². The van der Waals surface area contributed by atoms with E-state index in [-0.39, 0.29) is 5.56 Å². The van der Waals surface area contributed by atoms with Gasteiger partial charge >= 0.3 is 18.0 Å². The van der Waals surface area contributed by atoms with Gasteiger partial charge in [-0.15, -0.1) is 0 Å². The molecule has 1 aromatic rings. The molecule has 9 heteroatoms. The van der Waals surface area contributed by atoms with Gasteiger partial charge in [0, 0.05) is 11.8 Å². The van der Waals surface area contributed by atoms with Gasteiger partial charge in [-0.2, -0.15) is 26.3 Å². The number of fused-ring (bicyclic) bond motifs is 1. The number of aryl methyl sites for hydroxylation is 1. The summed E-state index contributed by atoms with van der Waals surface area (Å²) in [5, 5.41) is 0. The third kappa shape index (κ3) is 2.63. The normalized spacial score (nSPS) is 19.4. The number of halogens is 6. The molecule has 0 spiro atoms. The number of nitrogens with zero attached hydrogens (tertiary/aromatic N) is 3. The van der Waals surface area contributed by atoms with Gasteiger partial charge in [-0.25, -0.2) is 9.98 Å². The smallest absolute Gasteiger partial charge is 0.286 e. The lowest BCUT2D eigenvalue weighted by Gasteiger charge is -2.38. The van der Waals surface area contributed by atoms with Crippen molar-refractivity contribution in [2.24, 2.45) is 9.98 Å². The van der Waals surface area contributed by atoms with Crippen LogP contribution in [-0.4, -0.2) is 34.6 Å². The monoisotopic (exact) mass is 359 g/mol. The van der Waals surface area contributed by atoms with E-state index in [2.05, 4.69) is 9.98 Å². The minimum Gasteiger partial charge on any atom is -0.286 e. The maximum absolute atomic E-state index is 13.4. The quantitative estimate of drug-likeness (QED) is 0.685. The Morgan fingerprint density at radius 3 is 2.16 bits per heavy atom. The van der Waals surface area contributed by atoms with Crippen LogP contribution in [0.2, 0.25) is 0 Å². The maximum Gasteiger partial charge on any atom is 0.443 e. The molecule has 0 fully saturated rings. The van der Waals surface area contributed by atoms with E-state index in [1.165, 1.54) is 30.5 Å². The van der Waals surface area contributed by atoms with Gasteiger partial charge in [0.2, 0.25) is 0 Å². The molecule has 0 saturated carbocycles. The summed E-state index contributed by atoms with van der Waals surface area (Å²) in [6.45, 7) is 1.58. The van der Waals surface area contributed by atoms with Gasteiger partial charge < -0.3 is 0 Å². The fourth-order valence-electron chi connectivity index (χ4n) is 2.53. The minimum atomic E-state index is -5.74. The highest BCUT2D eigenvalue weighted by atomic mass is 19.4. The van der Waals surface area contributed by atoms with Crippen LogP contribution in [0.5, 0.6) is 0 Å². The summed E-state index contributed by atoms with van der Waals surface area (Å²) in [6.07, 6.45) is -6.30. The number of benzene rings is 1. The molecule has 0 unspecified atom stereocenters. The Hall–Kier alpha value is -2.58. The Bertz CT molecular complexity index is 800. The summed E-state index contributed by atoms with van der Waals surface area (Å²) in [4.78, 5) is 7.15. The lowest BCUT2D eigenvalue weighted by atomic mass is 10.0. The third-order valence-electron chi connectivity index (χ3n) is 3.79. The minimum absolute atomic E-state index is 0.160. The molecular weight excluding hydrogens is 348 g/mol. The summed E-state index contributed by atoms with van der Waals surface area (Å²) < 4.78 is 80.7. The first-order valence-corrected chi connectivity index (χ1v) is 7.10. The Kier molecular flexibility index (Phi) is 3.77. The van der Waals surface area contributed by atoms with E-state index in [1.54, 1.807) is 19.1 Å². The summed E-state index contributed by atoms with van der Waals surface area (Å²) in [6, 6.07) is 6.14. The van der Waals surface area contributed by atoms with Gasteiger partial charge in [-0.1, -0.05) is 30.3 Å². The number of hydrogen-bond acceptors (Lipinski definition) is 3. The topological polar surface area (TPSA) is 28.0 Å². The molecule has 2 aliphatic heterocycles. The van der Waals surface area contributed by atoms with E-state index < -0.39 is 29.7 Å². The van der Waals surface area contributed by atoms with Crippen LogP contribution in [0.15, 0.2) is 58.7 Å². The Labute approximate surface area is 138 Å². The SMILES string of the molecule is Cc1ccccc1C1=NC(C(F)(F)F)(C(F)(F)F)N=C2C=CC=CN21. The predicted molar refractivity (Wildman–Crippen MR) is 80.1 cm³/mol. The van der Waals surface area contributed by atoms with Crippen molar-refractivity contribution in [2.45, 2.75) is 24.9 Å². The molecular formula is C16H11F6N3. The fourth-order valence-corrected chi connectivity index (χ4v) is 2.53. The zero-order chi connectivity index (χ0) is 18.5. The van der Waals surface area contributed by atoms with Gasteiger partial charge in [0.05, 0.1) is 0 Å². The standard InChI is InChI=1S/C16H11F6N3/c1-10-6-2-3-7-11(10)13-24-14(15(17,18)19,16(20,21)22)23-12-8-4-5-9-25(12)13/h2-9H,1H3. The Morgan fingerprint density at radius 1 is 0.920 bits per heavy atom. The molecule has 0 radical (unpaired) electrons. The molecule has 0 amide bonds. The summed E-state index contributed by atoms with van der Waals surface area (Å²) in [7, 11) is 0. The van der Waals surface area contributed by atoms with Crippen molar-refractivity contribution in [3.8, 4) is 0 Å². The van der Waals surface area contributed by atoms with Crippen LogP contribution in [0.3, 0.4) is 0 Å². The molecule has 25 heavy (non-hydrogen) atoms. The van der Waals surface area contributed by atoms with Crippen LogP contribution in [0, 0.1) is 6.92 Å². The second kappa shape index (κ2) is 5.47. The van der Waals surface area contributed by atoms with E-state index in [1.807, 2.05) is 0 Å². The van der Waals surface area contributed by atoms with Gasteiger partial charge in [0.15, 0.2) is 0 Å². The van der Waals surface area contributed by atoms with Crippen LogP contribution in [0.4, 0.5) is 26.3 Å². The third-order valence-corrected chi connectivity index (χ3v) is 3.79. The van der Waals surface area contributed by atoms with Crippen molar-refractivity contribution >= 4 is 11.7 Å². The second-order valence-electron chi connectivity index (χ2n) is 5.46. The molecule has 0 atom stereocenters. The second-order valence-corrected chi connectivity index (χ2v) is 5.46. The zero-order valence-corrected chi connectivity index (χ0v) is 12.7. The summed E-state index contributed by atoms with van der Waals surface area (Å²) >= 11 is 0. The lowest BCUT2D eigenvalue weighted by Crippen LogP contribution is -2.58. The van der Waals surface area contributed by atoms with Crippen LogP contribution in [0.1, 0.15) is 11.1 Å². The number of allylic oxidation sites excluding steroid dienone is 2. The molecule has 2 heterocycles. The van der Waals surface area contributed by atoms with Crippen LogP contribution in [-0.2, 0) is 0 Å². The first-order valence-electron chi connectivity index (χ1n) is 7.10. The predicted octanol–water partition coefficient (Wildman–Crippen LogP) is 4.36. The molecule has 0 aliphatic carbocycles. The molecule has 0 bridgehead atoms. The van der Waals surface area contributed by atoms with Crippen LogP contribution >= 0.6 is 0 Å². The summed E-state index contributed by atoms with van der Waals surface area (Å²) in [5.41, 5.74) is -3.89. The van der Waals surface area contributed by atoms with Gasteiger partial charge in [0.1, 0.15) is 11.7 Å². The number of alkyl halides is 6. The zero-order valence-electron chi connectivity index (χ0n) is 12.7. The Morgan fingerprint density at radius 2 is 1.56 bits per heavy atom. The van der Waals surface area contributed by atoms with Gasteiger partial charge in [-0.05, 0) is 24.6 Å². The van der Waals surface area contributed by atoms with E-state index >= 15 is 0 Å². The number of rotatable bonds is 1. The highest BCUT2D eigenvalue weighted by molar-refractivity contribution is 6.16. The molecule has 3 rings (SSSR count). The Balaban J connectivity index is 2.32. The molecule has 0 N–H and O–H groups in total. The molecule has 3 nitrogen and oxygen atoms in total. The van der Waals surface area contributed by atoms with Gasteiger partial charge in [0.25, 0.3) is 0 Å². The van der Waals surface area contributed by atoms with Crippen molar-refractivity contribution in [3.05, 3.63) is 59.8 Å². The number of hydrogen-bond donors (Lipinski definition) is 0. The molecule has 2 aliphatic rings. The van der Waals surface area contributed by atoms with E-state index in [4.69, 9.17) is 0 Å². The highest BCUT2D eigenvalue weighted by Crippen LogP contribution is 2.49. The molecule has 1 aromatic carbocycles. The number of aliphatic imine (C=N–C) groups is 2. The van der Waals surface area contributed by atoms with Crippen molar-refractivity contribution in [1.82, 2.24) is 4.90 Å². The summed E-state index contributed by atoms with van der Waals surface area (Å²) in [5.74, 6) is -0.941. The maximum atomic E-state index is 13.4. The van der Waals surface area contributed by atoms with Crippen molar-refractivity contribution in [3.63, 3.8) is 0 Å². The lowest BCUT2D eigenvalue weighted by molar-refractivity contribution is -0.292. The molecule has 132 valence electrons. The number of amidine groups is 2. The largest absolute Gasteiger partial charge is 0.443 e. The van der Waals surface area contributed by atoms with E-state index in [0.717, 1.165) is 11.0 Å². The molecule has 0 saturated heterocycles. The van der Waals surface area contributed by atoms with E-state index in [0.29, 0.717) is 5.56 Å². The van der Waals surface area contributed by atoms with Crippen molar-refractivity contribution in [2.75, 3.05) is 0 Å². The molecule has 0 aromatic heterocycles. The van der Waals surface area contributed by atoms with Crippen LogP contribution < -0.4 is 0 Å². The highest BCUT2D eigenvalue weighted by Gasteiger charge is 2.73.